The number of carbonyl (C=O) groups is 2. The second-order valence-electron chi connectivity index (χ2n) is 11.1. The number of benzene rings is 1. The number of phenols is 1. The van der Waals surface area contributed by atoms with E-state index < -0.39 is 43.4 Å². The van der Waals surface area contributed by atoms with E-state index >= 15 is 0 Å². The summed E-state index contributed by atoms with van der Waals surface area (Å²) >= 11 is 0. The van der Waals surface area contributed by atoms with Crippen molar-refractivity contribution in [3.05, 3.63) is 29.8 Å². The molecule has 7 nitrogen and oxygen atoms in total. The van der Waals surface area contributed by atoms with Crippen LogP contribution in [0.25, 0.3) is 0 Å². The molecule has 1 fully saturated rings. The van der Waals surface area contributed by atoms with Gasteiger partial charge in [-0.25, -0.2) is 4.79 Å². The fourth-order valence-electron chi connectivity index (χ4n) is 4.33. The second-order valence-corrected chi connectivity index (χ2v) is 15.8. The van der Waals surface area contributed by atoms with Gasteiger partial charge in [-0.2, -0.15) is 0 Å². The van der Waals surface area contributed by atoms with Gasteiger partial charge in [0.05, 0.1) is 12.0 Å². The van der Waals surface area contributed by atoms with Crippen LogP contribution in [0.2, 0.25) is 18.1 Å². The maximum Gasteiger partial charge on any atom is 0.335 e. The van der Waals surface area contributed by atoms with Gasteiger partial charge in [0.15, 0.2) is 13.9 Å². The number of hydrogen-bond donors (Lipinski definition) is 3. The lowest BCUT2D eigenvalue weighted by Gasteiger charge is -2.52. The second kappa shape index (κ2) is 8.46. The van der Waals surface area contributed by atoms with Gasteiger partial charge in [0.1, 0.15) is 11.4 Å². The van der Waals surface area contributed by atoms with Crippen molar-refractivity contribution in [3.8, 4) is 5.75 Å². The van der Waals surface area contributed by atoms with Crippen LogP contribution in [0.3, 0.4) is 0 Å². The molecule has 32 heavy (non-hydrogen) atoms. The number of nitrogens with zero attached hydrogens (tertiary/aromatic N) is 1. The summed E-state index contributed by atoms with van der Waals surface area (Å²) in [5.41, 5.74) is -3.20. The smallest absolute Gasteiger partial charge is 0.335 e. The van der Waals surface area contributed by atoms with Crippen molar-refractivity contribution < 1.29 is 29.3 Å². The summed E-state index contributed by atoms with van der Waals surface area (Å²) in [5.74, 6) is -2.86. The molecule has 8 heteroatoms. The SMILES string of the molecule is CC(C)[C@H](O[Si](C)(C)C(C)(C)C)[C@]1(C(=O)O)N(Cc2ccc(O)cc2)C(=O)[C@@H](C)[C@]1(C)O. The van der Waals surface area contributed by atoms with Crippen LogP contribution in [-0.4, -0.2) is 57.7 Å². The Bertz CT molecular complexity index is 858. The molecule has 0 spiro atoms. The van der Waals surface area contributed by atoms with Gasteiger partial charge in [-0.3, -0.25) is 4.79 Å². The number of aromatic hydroxyl groups is 1. The molecule has 1 aromatic carbocycles. The van der Waals surface area contributed by atoms with Crippen LogP contribution in [0.15, 0.2) is 24.3 Å². The zero-order valence-corrected chi connectivity index (χ0v) is 21.8. The highest BCUT2D eigenvalue weighted by atomic mass is 28.4. The Hall–Kier alpha value is -1.90. The molecule has 1 aliphatic rings. The van der Waals surface area contributed by atoms with Gasteiger partial charge in [-0.15, -0.1) is 0 Å². The largest absolute Gasteiger partial charge is 0.508 e. The molecular weight excluding hydrogens is 426 g/mol. The molecule has 0 bridgehead atoms. The van der Waals surface area contributed by atoms with Crippen LogP contribution in [0, 0.1) is 11.8 Å². The van der Waals surface area contributed by atoms with Crippen LogP contribution >= 0.6 is 0 Å². The van der Waals surface area contributed by atoms with Crippen molar-refractivity contribution in [2.75, 3.05) is 0 Å². The average molecular weight is 466 g/mol. The third-order valence-corrected chi connectivity index (χ3v) is 12.0. The fraction of sp³-hybridized carbons (Fsp3) is 0.667. The molecule has 1 aromatic rings. The predicted octanol–water partition coefficient (Wildman–Crippen LogP) is 3.99. The first-order chi connectivity index (χ1) is 14.4. The van der Waals surface area contributed by atoms with Gasteiger partial charge < -0.3 is 24.6 Å². The van der Waals surface area contributed by atoms with E-state index in [1.807, 2.05) is 26.9 Å². The number of phenolic OH excluding ortho intramolecular Hbond substituents is 1. The molecule has 0 saturated carbocycles. The Balaban J connectivity index is 2.74. The lowest BCUT2D eigenvalue weighted by molar-refractivity contribution is -0.185. The van der Waals surface area contributed by atoms with Crippen molar-refractivity contribution in [1.82, 2.24) is 4.90 Å². The molecule has 0 aliphatic carbocycles. The van der Waals surface area contributed by atoms with Crippen molar-refractivity contribution in [2.24, 2.45) is 11.8 Å². The molecular formula is C24H39NO6Si. The number of carbonyl (C=O) groups excluding carboxylic acids is 1. The van der Waals surface area contributed by atoms with Crippen LogP contribution in [0.5, 0.6) is 5.75 Å². The third-order valence-electron chi connectivity index (χ3n) is 7.53. The first-order valence-corrected chi connectivity index (χ1v) is 14.0. The van der Waals surface area contributed by atoms with E-state index in [1.165, 1.54) is 24.0 Å². The minimum atomic E-state index is -2.47. The van der Waals surface area contributed by atoms with Crippen LogP contribution < -0.4 is 0 Å². The molecule has 1 aliphatic heterocycles. The van der Waals surface area contributed by atoms with Crippen molar-refractivity contribution in [1.29, 1.82) is 0 Å². The van der Waals surface area contributed by atoms with E-state index in [4.69, 9.17) is 4.43 Å². The summed E-state index contributed by atoms with van der Waals surface area (Å²) in [7, 11) is -2.47. The number of aliphatic hydroxyl groups is 1. The van der Waals surface area contributed by atoms with E-state index in [2.05, 4.69) is 20.8 Å². The van der Waals surface area contributed by atoms with Crippen molar-refractivity contribution >= 4 is 20.2 Å². The molecule has 4 atom stereocenters. The zero-order valence-electron chi connectivity index (χ0n) is 20.8. The summed E-state index contributed by atoms with van der Waals surface area (Å²) in [4.78, 5) is 27.8. The highest BCUT2D eigenvalue weighted by molar-refractivity contribution is 6.74. The molecule has 2 rings (SSSR count). The minimum Gasteiger partial charge on any atom is -0.508 e. The summed E-state index contributed by atoms with van der Waals surface area (Å²) < 4.78 is 6.70. The Morgan fingerprint density at radius 3 is 2.12 bits per heavy atom. The number of rotatable bonds is 7. The lowest BCUT2D eigenvalue weighted by atomic mass is 9.70. The Kier molecular flexibility index (Phi) is 6.97. The predicted molar refractivity (Wildman–Crippen MR) is 126 cm³/mol. The number of aliphatic carboxylic acids is 1. The van der Waals surface area contributed by atoms with E-state index in [9.17, 15) is 24.9 Å². The number of likely N-dealkylation sites (tertiary alicyclic amines) is 1. The van der Waals surface area contributed by atoms with Crippen molar-refractivity contribution in [2.45, 2.75) is 90.4 Å². The number of hydrogen-bond acceptors (Lipinski definition) is 5. The van der Waals surface area contributed by atoms with Gasteiger partial charge in [0.2, 0.25) is 5.91 Å². The molecule has 3 N–H and O–H groups in total. The summed E-state index contributed by atoms with van der Waals surface area (Å²) in [6.07, 6.45) is -0.929. The van der Waals surface area contributed by atoms with E-state index in [1.54, 1.807) is 19.1 Å². The fourth-order valence-corrected chi connectivity index (χ4v) is 5.76. The van der Waals surface area contributed by atoms with Gasteiger partial charge in [-0.1, -0.05) is 53.7 Å². The van der Waals surface area contributed by atoms with Crippen molar-refractivity contribution in [3.63, 3.8) is 0 Å². The molecule has 1 saturated heterocycles. The van der Waals surface area contributed by atoms with Crippen LogP contribution in [0.1, 0.15) is 54.0 Å². The van der Waals surface area contributed by atoms with E-state index in [-0.39, 0.29) is 23.3 Å². The highest BCUT2D eigenvalue weighted by Crippen LogP contribution is 2.51. The minimum absolute atomic E-state index is 0.0179. The third kappa shape index (κ3) is 4.08. The number of carboxylic acid groups (broad SMARTS) is 1. The lowest BCUT2D eigenvalue weighted by Crippen LogP contribution is -2.72. The van der Waals surface area contributed by atoms with E-state index in [0.717, 1.165) is 0 Å². The average Bonchev–Trinajstić information content (AvgIpc) is 2.79. The zero-order chi connectivity index (χ0) is 24.9. The van der Waals surface area contributed by atoms with Gasteiger partial charge >= 0.3 is 5.97 Å². The topological polar surface area (TPSA) is 107 Å². The summed E-state index contributed by atoms with van der Waals surface area (Å²) in [6.45, 7) is 17.0. The van der Waals surface area contributed by atoms with Gasteiger partial charge in [0.25, 0.3) is 0 Å². The van der Waals surface area contributed by atoms with Crippen LogP contribution in [-0.2, 0) is 20.6 Å². The molecule has 0 radical (unpaired) electrons. The normalized spacial score (nSPS) is 27.8. The van der Waals surface area contributed by atoms with Gasteiger partial charge in [-0.05, 0) is 48.7 Å². The first kappa shape index (κ1) is 26.4. The van der Waals surface area contributed by atoms with E-state index in [0.29, 0.717) is 5.56 Å². The highest BCUT2D eigenvalue weighted by Gasteiger charge is 2.73. The number of carboxylic acids is 1. The Morgan fingerprint density at radius 1 is 1.22 bits per heavy atom. The van der Waals surface area contributed by atoms with Gasteiger partial charge in [0, 0.05) is 6.54 Å². The van der Waals surface area contributed by atoms with Crippen LogP contribution in [0.4, 0.5) is 0 Å². The standard InChI is InChI=1S/C24H39NO6Si/c1-15(2)19(31-32(8,9)22(4,5)6)24(21(28)29)23(7,30)16(3)20(27)25(24)14-17-10-12-18(26)13-11-17/h10-13,15-16,19,26,30H,14H2,1-9H3,(H,28,29)/t16-,19+,23+,24-/m1/s1. The summed E-state index contributed by atoms with van der Waals surface area (Å²) in [6, 6.07) is 6.27. The Morgan fingerprint density at radius 2 is 1.72 bits per heavy atom. The molecule has 0 unspecified atom stereocenters. The maximum absolute atomic E-state index is 13.4. The number of amides is 1. The molecule has 0 aromatic heterocycles. The molecule has 1 amide bonds. The summed E-state index contributed by atoms with van der Waals surface area (Å²) in [5, 5.41) is 31.8. The molecule has 180 valence electrons. The maximum atomic E-state index is 13.4. The first-order valence-electron chi connectivity index (χ1n) is 11.1. The molecule has 1 heterocycles. The Labute approximate surface area is 192 Å². The monoisotopic (exact) mass is 465 g/mol. The quantitative estimate of drug-likeness (QED) is 0.526.